The molecule has 3 aliphatic heterocycles. The lowest BCUT2D eigenvalue weighted by Gasteiger charge is -2.54. The molecule has 4 aliphatic rings. The van der Waals surface area contributed by atoms with E-state index in [0.717, 1.165) is 0 Å². The van der Waals surface area contributed by atoms with Crippen molar-refractivity contribution < 1.29 is 0 Å². The van der Waals surface area contributed by atoms with Gasteiger partial charge in [-0.05, 0) is 112 Å². The van der Waals surface area contributed by atoms with Gasteiger partial charge in [-0.1, -0.05) is 127 Å². The molecule has 2 nitrogen and oxygen atoms in total. The lowest BCUT2D eigenvalue weighted by Crippen LogP contribution is -2.65. The van der Waals surface area contributed by atoms with Crippen molar-refractivity contribution in [2.24, 2.45) is 0 Å². The van der Waals surface area contributed by atoms with Crippen LogP contribution in [0.2, 0.25) is 0 Å². The van der Waals surface area contributed by atoms with Crippen LogP contribution in [0.3, 0.4) is 0 Å². The predicted molar refractivity (Wildman–Crippen MR) is 211 cm³/mol. The Kier molecular flexibility index (Phi) is 6.38. The van der Waals surface area contributed by atoms with Gasteiger partial charge in [0.15, 0.2) is 0 Å². The molecule has 0 spiro atoms. The van der Waals surface area contributed by atoms with Crippen LogP contribution in [0.5, 0.6) is 0 Å². The van der Waals surface area contributed by atoms with Crippen molar-refractivity contribution in [1.29, 1.82) is 0 Å². The molecular formula is C46H49BN2. The number of hydrogen-bond donors (Lipinski definition) is 0. The second-order valence-corrected chi connectivity index (χ2v) is 17.6. The normalized spacial score (nSPS) is 22.0. The fourth-order valence-electron chi connectivity index (χ4n) is 10.3. The summed E-state index contributed by atoms with van der Waals surface area (Å²) < 4.78 is 0. The maximum Gasteiger partial charge on any atom is 0.252 e. The first-order chi connectivity index (χ1) is 23.3. The van der Waals surface area contributed by atoms with E-state index in [0.29, 0.717) is 0 Å². The Morgan fingerprint density at radius 3 is 2.02 bits per heavy atom. The smallest absolute Gasteiger partial charge is 0.252 e. The quantitative estimate of drug-likeness (QED) is 0.174. The molecule has 0 amide bonds. The van der Waals surface area contributed by atoms with Gasteiger partial charge in [0.05, 0.1) is 5.54 Å². The highest BCUT2D eigenvalue weighted by atomic mass is 15.3. The van der Waals surface area contributed by atoms with Crippen LogP contribution in [0.15, 0.2) is 103 Å². The summed E-state index contributed by atoms with van der Waals surface area (Å²) in [6.07, 6.45) is 4.86. The molecule has 1 fully saturated rings. The lowest BCUT2D eigenvalue weighted by molar-refractivity contribution is 0.215. The van der Waals surface area contributed by atoms with Gasteiger partial charge in [-0.2, -0.15) is 0 Å². The molecule has 3 heteroatoms. The van der Waals surface area contributed by atoms with Gasteiger partial charge in [-0.15, -0.1) is 0 Å². The minimum Gasteiger partial charge on any atom is -0.335 e. The van der Waals surface area contributed by atoms with Crippen LogP contribution in [-0.4, -0.2) is 12.3 Å². The molecule has 246 valence electrons. The highest BCUT2D eigenvalue weighted by Gasteiger charge is 2.64. The molecule has 0 aromatic heterocycles. The Bertz CT molecular complexity index is 2130. The Hall–Kier alpha value is -4.24. The van der Waals surface area contributed by atoms with Crippen molar-refractivity contribution in [1.82, 2.24) is 0 Å². The van der Waals surface area contributed by atoms with Gasteiger partial charge in [0.2, 0.25) is 0 Å². The summed E-state index contributed by atoms with van der Waals surface area (Å²) in [7, 11) is 0. The maximum atomic E-state index is 2.85. The third-order valence-electron chi connectivity index (χ3n) is 12.7. The van der Waals surface area contributed by atoms with Gasteiger partial charge in [0.1, 0.15) is 0 Å². The van der Waals surface area contributed by atoms with E-state index >= 15 is 0 Å². The molecular weight excluding hydrogens is 591 g/mol. The van der Waals surface area contributed by atoms with E-state index in [1.165, 1.54) is 98.3 Å². The van der Waals surface area contributed by atoms with Gasteiger partial charge in [0.25, 0.3) is 6.71 Å². The van der Waals surface area contributed by atoms with Crippen molar-refractivity contribution in [3.8, 4) is 0 Å². The van der Waals surface area contributed by atoms with Crippen molar-refractivity contribution in [3.63, 3.8) is 0 Å². The average Bonchev–Trinajstić information content (AvgIpc) is 3.32. The van der Waals surface area contributed by atoms with Gasteiger partial charge in [-0.25, -0.2) is 0 Å². The summed E-state index contributed by atoms with van der Waals surface area (Å²) in [5, 5.41) is 0. The zero-order valence-electron chi connectivity index (χ0n) is 30.6. The van der Waals surface area contributed by atoms with Crippen molar-refractivity contribution in [2.75, 3.05) is 9.80 Å². The molecule has 0 bridgehead atoms. The van der Waals surface area contributed by atoms with Crippen LogP contribution in [0.1, 0.15) is 102 Å². The molecule has 1 aliphatic carbocycles. The first kappa shape index (κ1) is 30.8. The number of nitrogens with zero attached hydrogens (tertiary/aromatic N) is 2. The summed E-state index contributed by atoms with van der Waals surface area (Å²) in [6.45, 7) is 19.0. The standard InChI is InChI=1S/C46H49BN2/c1-30-27-39-41-40(28-30)49-42-35(46(32-15-10-9-11-16-32)26-13-12-25-45(46,49)8)17-14-18-36(42)47(41)37-29-33(44(5,6)7)21-24-38(37)48(39)34-22-19-31(20-23-34)43(2,3)4/h9-11,14-24,27-29H,12-13,25-26H2,1-8H3. The number of para-hydroxylation sites is 1. The molecule has 0 saturated heterocycles. The molecule has 9 rings (SSSR count). The Morgan fingerprint density at radius 1 is 0.633 bits per heavy atom. The second-order valence-electron chi connectivity index (χ2n) is 17.6. The molecule has 2 unspecified atom stereocenters. The van der Waals surface area contributed by atoms with E-state index in [1.807, 2.05) is 0 Å². The van der Waals surface area contributed by atoms with Crippen LogP contribution in [0.25, 0.3) is 0 Å². The number of aryl methyl sites for hydroxylation is 1. The summed E-state index contributed by atoms with van der Waals surface area (Å²) in [5.74, 6) is 0. The average molecular weight is 641 g/mol. The number of anilines is 5. The third-order valence-corrected chi connectivity index (χ3v) is 12.7. The highest BCUT2D eigenvalue weighted by molar-refractivity contribution is 7.00. The van der Waals surface area contributed by atoms with Gasteiger partial charge >= 0.3 is 0 Å². The third kappa shape index (κ3) is 4.08. The maximum absolute atomic E-state index is 2.85. The summed E-state index contributed by atoms with van der Waals surface area (Å²) in [5.41, 5.74) is 18.2. The number of benzene rings is 5. The first-order valence-electron chi connectivity index (χ1n) is 18.5. The summed E-state index contributed by atoms with van der Waals surface area (Å²) >= 11 is 0. The van der Waals surface area contributed by atoms with E-state index in [1.54, 1.807) is 0 Å². The molecule has 3 heterocycles. The molecule has 2 atom stereocenters. The summed E-state index contributed by atoms with van der Waals surface area (Å²) in [6, 6.07) is 40.5. The van der Waals surface area contributed by atoms with Crippen molar-refractivity contribution in [3.05, 3.63) is 131 Å². The van der Waals surface area contributed by atoms with Gasteiger partial charge in [-0.3, -0.25) is 0 Å². The van der Waals surface area contributed by atoms with Crippen molar-refractivity contribution >= 4 is 51.5 Å². The molecule has 1 saturated carbocycles. The van der Waals surface area contributed by atoms with E-state index in [9.17, 15) is 0 Å². The fraction of sp³-hybridized carbons (Fsp3) is 0.348. The highest BCUT2D eigenvalue weighted by Crippen LogP contribution is 2.64. The molecule has 5 aromatic carbocycles. The van der Waals surface area contributed by atoms with Crippen LogP contribution in [-0.2, 0) is 16.2 Å². The molecule has 0 N–H and O–H groups in total. The zero-order valence-corrected chi connectivity index (χ0v) is 30.6. The monoisotopic (exact) mass is 640 g/mol. The van der Waals surface area contributed by atoms with Crippen molar-refractivity contribution in [2.45, 2.75) is 103 Å². The molecule has 49 heavy (non-hydrogen) atoms. The second kappa shape index (κ2) is 10.2. The SMILES string of the molecule is Cc1cc2c3c(c1)N1c4c(cccc4C4(c5ccccc5)CCCCC14C)B3c1cc(C(C)(C)C)ccc1N2c1ccc(C(C)(C)C)cc1. The first-order valence-corrected chi connectivity index (χ1v) is 18.5. The Morgan fingerprint density at radius 2 is 1.31 bits per heavy atom. The number of rotatable bonds is 2. The Labute approximate surface area is 294 Å². The van der Waals surface area contributed by atoms with Crippen LogP contribution >= 0.6 is 0 Å². The lowest BCUT2D eigenvalue weighted by atomic mass is 9.33. The topological polar surface area (TPSA) is 6.48 Å². The largest absolute Gasteiger partial charge is 0.335 e. The molecule has 0 radical (unpaired) electrons. The van der Waals surface area contributed by atoms with E-state index in [-0.39, 0.29) is 28.5 Å². The minimum atomic E-state index is -0.0791. The van der Waals surface area contributed by atoms with Gasteiger partial charge in [0, 0.05) is 33.9 Å². The predicted octanol–water partition coefficient (Wildman–Crippen LogP) is 9.97. The van der Waals surface area contributed by atoms with Crippen LogP contribution in [0.4, 0.5) is 28.4 Å². The number of fused-ring (bicyclic) bond motifs is 7. The van der Waals surface area contributed by atoms with Gasteiger partial charge < -0.3 is 9.80 Å². The van der Waals surface area contributed by atoms with E-state index in [4.69, 9.17) is 0 Å². The minimum absolute atomic E-state index is 0.0454. The van der Waals surface area contributed by atoms with E-state index in [2.05, 4.69) is 168 Å². The fourth-order valence-corrected chi connectivity index (χ4v) is 10.3. The number of hydrogen-bond acceptors (Lipinski definition) is 2. The Balaban J connectivity index is 1.38. The van der Waals surface area contributed by atoms with Crippen LogP contribution in [0, 0.1) is 6.92 Å². The van der Waals surface area contributed by atoms with E-state index < -0.39 is 0 Å². The molecule has 5 aromatic rings. The zero-order chi connectivity index (χ0) is 34.1. The van der Waals surface area contributed by atoms with Crippen LogP contribution < -0.4 is 26.2 Å². The summed E-state index contributed by atoms with van der Waals surface area (Å²) in [4.78, 5) is 5.43.